The number of nitrogens with zero attached hydrogens (tertiary/aromatic N) is 2. The lowest BCUT2D eigenvalue weighted by atomic mass is 9.94. The van der Waals surface area contributed by atoms with Gasteiger partial charge in [-0.25, -0.2) is 4.39 Å². The van der Waals surface area contributed by atoms with Gasteiger partial charge in [0.25, 0.3) is 5.91 Å². The minimum atomic E-state index is -0.362. The van der Waals surface area contributed by atoms with Crippen LogP contribution < -0.4 is 9.47 Å². The van der Waals surface area contributed by atoms with Crippen LogP contribution in [0.3, 0.4) is 0 Å². The summed E-state index contributed by atoms with van der Waals surface area (Å²) in [5.74, 6) is 0.996. The van der Waals surface area contributed by atoms with Crippen LogP contribution in [0.15, 0.2) is 42.5 Å². The Kier molecular flexibility index (Phi) is 6.39. The molecule has 0 unspecified atom stereocenters. The summed E-state index contributed by atoms with van der Waals surface area (Å²) in [7, 11) is 0. The number of halogens is 1. The number of hydrogen-bond acceptors (Lipinski definition) is 4. The van der Waals surface area contributed by atoms with Crippen LogP contribution in [0.5, 0.6) is 11.5 Å². The molecule has 4 rings (SSSR count). The summed E-state index contributed by atoms with van der Waals surface area (Å²) in [4.78, 5) is 29.4. The molecule has 0 N–H and O–H groups in total. The lowest BCUT2D eigenvalue weighted by Gasteiger charge is -2.34. The summed E-state index contributed by atoms with van der Waals surface area (Å²) in [5, 5.41) is 0. The maximum Gasteiger partial charge on any atom is 0.253 e. The van der Waals surface area contributed by atoms with Crippen molar-refractivity contribution in [3.8, 4) is 11.5 Å². The van der Waals surface area contributed by atoms with Crippen molar-refractivity contribution in [1.29, 1.82) is 0 Å². The summed E-state index contributed by atoms with van der Waals surface area (Å²) >= 11 is 0. The van der Waals surface area contributed by atoms with Gasteiger partial charge in [-0.3, -0.25) is 9.59 Å². The van der Waals surface area contributed by atoms with Crippen LogP contribution >= 0.6 is 0 Å². The highest BCUT2D eigenvalue weighted by Crippen LogP contribution is 2.31. The van der Waals surface area contributed by atoms with Gasteiger partial charge in [0.15, 0.2) is 11.5 Å². The van der Waals surface area contributed by atoms with Crippen LogP contribution in [0, 0.1) is 11.7 Å². The molecule has 1 fully saturated rings. The predicted octanol–water partition coefficient (Wildman–Crippen LogP) is 3.50. The maximum absolute atomic E-state index is 13.1. The molecule has 2 aliphatic rings. The largest absolute Gasteiger partial charge is 0.486 e. The summed E-state index contributed by atoms with van der Waals surface area (Å²) in [6, 6.07) is 11.4. The molecule has 31 heavy (non-hydrogen) atoms. The molecule has 0 bridgehead atoms. The number of fused-ring (bicyclic) bond motifs is 1. The lowest BCUT2D eigenvalue weighted by Crippen LogP contribution is -2.44. The van der Waals surface area contributed by atoms with Crippen molar-refractivity contribution in [3.05, 3.63) is 59.4 Å². The van der Waals surface area contributed by atoms with Gasteiger partial charge in [-0.2, -0.15) is 0 Å². The van der Waals surface area contributed by atoms with Gasteiger partial charge in [0, 0.05) is 37.7 Å². The SMILES string of the molecule is CCN(Cc1ccc2c(c1)OCCO2)C(=O)C1CCN(C(=O)c2ccc(F)cc2)CC1. The zero-order valence-electron chi connectivity index (χ0n) is 17.7. The maximum atomic E-state index is 13.1. The van der Waals surface area contributed by atoms with E-state index in [2.05, 4.69) is 0 Å². The van der Waals surface area contributed by atoms with Crippen molar-refractivity contribution in [2.24, 2.45) is 5.92 Å². The zero-order valence-corrected chi connectivity index (χ0v) is 17.7. The molecule has 0 aliphatic carbocycles. The fraction of sp³-hybridized carbons (Fsp3) is 0.417. The molecule has 2 aromatic carbocycles. The average molecular weight is 426 g/mol. The first-order valence-corrected chi connectivity index (χ1v) is 10.8. The quantitative estimate of drug-likeness (QED) is 0.734. The third-order valence-electron chi connectivity index (χ3n) is 5.90. The molecule has 2 amide bonds. The molecule has 2 aliphatic heterocycles. The van der Waals surface area contributed by atoms with Gasteiger partial charge in [-0.1, -0.05) is 6.07 Å². The highest BCUT2D eigenvalue weighted by Gasteiger charge is 2.30. The Hall–Kier alpha value is -3.09. The second-order valence-electron chi connectivity index (χ2n) is 7.90. The highest BCUT2D eigenvalue weighted by atomic mass is 19.1. The molecule has 0 saturated carbocycles. The van der Waals surface area contributed by atoms with Gasteiger partial charge in [-0.05, 0) is 61.7 Å². The molecular weight excluding hydrogens is 399 g/mol. The Balaban J connectivity index is 1.34. The minimum Gasteiger partial charge on any atom is -0.486 e. The number of carbonyl (C=O) groups excluding carboxylic acids is 2. The van der Waals surface area contributed by atoms with Gasteiger partial charge in [0.2, 0.25) is 5.91 Å². The van der Waals surface area contributed by atoms with Crippen molar-refractivity contribution in [1.82, 2.24) is 9.80 Å². The van der Waals surface area contributed by atoms with E-state index in [1.807, 2.05) is 30.0 Å². The first kappa shape index (κ1) is 21.2. The van der Waals surface area contributed by atoms with E-state index < -0.39 is 0 Å². The van der Waals surface area contributed by atoms with E-state index in [1.165, 1.54) is 24.3 Å². The molecule has 0 aromatic heterocycles. The molecule has 7 heteroatoms. The van der Waals surface area contributed by atoms with E-state index in [9.17, 15) is 14.0 Å². The first-order chi connectivity index (χ1) is 15.0. The fourth-order valence-corrected chi connectivity index (χ4v) is 4.11. The van der Waals surface area contributed by atoms with Crippen molar-refractivity contribution in [2.45, 2.75) is 26.3 Å². The van der Waals surface area contributed by atoms with E-state index >= 15 is 0 Å². The lowest BCUT2D eigenvalue weighted by molar-refractivity contribution is -0.137. The third kappa shape index (κ3) is 4.81. The number of ether oxygens (including phenoxy) is 2. The zero-order chi connectivity index (χ0) is 21.8. The Morgan fingerprint density at radius 1 is 1.03 bits per heavy atom. The Labute approximate surface area is 181 Å². The number of amides is 2. The van der Waals surface area contributed by atoms with E-state index in [0.717, 1.165) is 17.1 Å². The Bertz CT molecular complexity index is 939. The number of rotatable bonds is 5. The van der Waals surface area contributed by atoms with E-state index in [0.29, 0.717) is 57.8 Å². The van der Waals surface area contributed by atoms with Gasteiger partial charge in [0.05, 0.1) is 0 Å². The fourth-order valence-electron chi connectivity index (χ4n) is 4.11. The van der Waals surface area contributed by atoms with Gasteiger partial charge in [0.1, 0.15) is 19.0 Å². The Morgan fingerprint density at radius 3 is 2.39 bits per heavy atom. The summed E-state index contributed by atoms with van der Waals surface area (Å²) in [6.07, 6.45) is 1.26. The van der Waals surface area contributed by atoms with Gasteiger partial charge < -0.3 is 19.3 Å². The van der Waals surface area contributed by atoms with Gasteiger partial charge in [-0.15, -0.1) is 0 Å². The van der Waals surface area contributed by atoms with E-state index in [-0.39, 0.29) is 23.5 Å². The van der Waals surface area contributed by atoms with Crippen LogP contribution in [0.2, 0.25) is 0 Å². The summed E-state index contributed by atoms with van der Waals surface area (Å²) in [6.45, 7) is 5.23. The van der Waals surface area contributed by atoms with Gasteiger partial charge >= 0.3 is 0 Å². The van der Waals surface area contributed by atoms with E-state index in [1.54, 1.807) is 4.90 Å². The smallest absolute Gasteiger partial charge is 0.253 e. The second-order valence-corrected chi connectivity index (χ2v) is 7.90. The number of benzene rings is 2. The number of hydrogen-bond donors (Lipinski definition) is 0. The molecule has 2 aromatic rings. The monoisotopic (exact) mass is 426 g/mol. The van der Waals surface area contributed by atoms with Crippen LogP contribution in [-0.2, 0) is 11.3 Å². The summed E-state index contributed by atoms with van der Waals surface area (Å²) < 4.78 is 24.3. The van der Waals surface area contributed by atoms with E-state index in [4.69, 9.17) is 9.47 Å². The predicted molar refractivity (Wildman–Crippen MR) is 114 cm³/mol. The molecule has 0 atom stereocenters. The second kappa shape index (κ2) is 9.37. The van der Waals surface area contributed by atoms with Crippen molar-refractivity contribution < 1.29 is 23.5 Å². The summed E-state index contributed by atoms with van der Waals surface area (Å²) in [5.41, 5.74) is 1.48. The topological polar surface area (TPSA) is 59.1 Å². The van der Waals surface area contributed by atoms with Crippen molar-refractivity contribution >= 4 is 11.8 Å². The highest BCUT2D eigenvalue weighted by molar-refractivity contribution is 5.94. The molecule has 0 spiro atoms. The van der Waals surface area contributed by atoms with Crippen LogP contribution in [-0.4, -0.2) is 54.5 Å². The Morgan fingerprint density at radius 2 is 1.71 bits per heavy atom. The minimum absolute atomic E-state index is 0.102. The van der Waals surface area contributed by atoms with Crippen molar-refractivity contribution in [3.63, 3.8) is 0 Å². The third-order valence-corrected chi connectivity index (χ3v) is 5.90. The van der Waals surface area contributed by atoms with Crippen LogP contribution in [0.25, 0.3) is 0 Å². The van der Waals surface area contributed by atoms with Crippen LogP contribution in [0.4, 0.5) is 4.39 Å². The van der Waals surface area contributed by atoms with Crippen LogP contribution in [0.1, 0.15) is 35.7 Å². The first-order valence-electron chi connectivity index (χ1n) is 10.8. The number of carbonyl (C=O) groups is 2. The van der Waals surface area contributed by atoms with Crippen molar-refractivity contribution in [2.75, 3.05) is 32.8 Å². The molecule has 2 heterocycles. The number of likely N-dealkylation sites (tertiary alicyclic amines) is 1. The normalized spacial score (nSPS) is 16.1. The average Bonchev–Trinajstić information content (AvgIpc) is 2.82. The molecule has 164 valence electrons. The molecule has 1 saturated heterocycles. The molecule has 0 radical (unpaired) electrons. The standard InChI is InChI=1S/C24H27FN2O4/c1-2-26(16-17-3-8-21-22(15-17)31-14-13-30-21)23(28)19-9-11-27(12-10-19)24(29)18-4-6-20(25)7-5-18/h3-8,15,19H,2,9-14,16H2,1H3. The molecule has 6 nitrogen and oxygen atoms in total. The number of piperidine rings is 1. The molecular formula is C24H27FN2O4.